The standard InChI is InChI=1S/C18H21N5O/c24-18(8-7-16-14-5-1-2-6-15(14)21-22-16)19-12-13-4-3-11-23-17(13)9-10-20-23/h3-4,9-11H,1-2,5-8,12H2,(H,19,24)(H,21,22). The van der Waals surface area contributed by atoms with E-state index < -0.39 is 0 Å². The smallest absolute Gasteiger partial charge is 0.220 e. The number of fused-ring (bicyclic) bond motifs is 2. The quantitative estimate of drug-likeness (QED) is 0.756. The van der Waals surface area contributed by atoms with Crippen molar-refractivity contribution in [3.63, 3.8) is 0 Å². The summed E-state index contributed by atoms with van der Waals surface area (Å²) in [5, 5.41) is 14.8. The molecule has 0 atom stereocenters. The molecule has 2 N–H and O–H groups in total. The summed E-state index contributed by atoms with van der Waals surface area (Å²) >= 11 is 0. The minimum atomic E-state index is 0.0593. The molecular formula is C18H21N5O. The molecule has 0 spiro atoms. The molecule has 124 valence electrons. The molecule has 0 aromatic carbocycles. The summed E-state index contributed by atoms with van der Waals surface area (Å²) in [5.41, 5.74) is 5.78. The van der Waals surface area contributed by atoms with Crippen LogP contribution in [0.15, 0.2) is 30.6 Å². The Morgan fingerprint density at radius 2 is 2.21 bits per heavy atom. The Labute approximate surface area is 140 Å². The van der Waals surface area contributed by atoms with Crippen LogP contribution in [-0.4, -0.2) is 25.7 Å². The van der Waals surface area contributed by atoms with E-state index in [0.717, 1.165) is 29.6 Å². The molecule has 0 saturated carbocycles. The molecule has 0 unspecified atom stereocenters. The van der Waals surface area contributed by atoms with Gasteiger partial charge in [-0.25, -0.2) is 4.52 Å². The summed E-state index contributed by atoms with van der Waals surface area (Å²) in [5.74, 6) is 0.0593. The number of H-pyrrole nitrogens is 1. The van der Waals surface area contributed by atoms with Gasteiger partial charge in [0, 0.05) is 37.5 Å². The second-order valence-electron chi connectivity index (χ2n) is 6.31. The molecule has 0 aliphatic heterocycles. The van der Waals surface area contributed by atoms with Crippen LogP contribution in [0.1, 0.15) is 41.8 Å². The normalized spacial score (nSPS) is 13.8. The molecule has 0 radical (unpaired) electrons. The number of amides is 1. The maximum atomic E-state index is 12.2. The van der Waals surface area contributed by atoms with Gasteiger partial charge < -0.3 is 5.32 Å². The number of hydrogen-bond donors (Lipinski definition) is 2. The van der Waals surface area contributed by atoms with Gasteiger partial charge in [0.15, 0.2) is 0 Å². The highest BCUT2D eigenvalue weighted by Gasteiger charge is 2.17. The first kappa shape index (κ1) is 14.9. The van der Waals surface area contributed by atoms with Gasteiger partial charge >= 0.3 is 0 Å². The van der Waals surface area contributed by atoms with E-state index in [1.807, 2.05) is 28.9 Å². The van der Waals surface area contributed by atoms with E-state index in [1.165, 1.54) is 24.1 Å². The molecule has 0 bridgehead atoms. The number of aromatic nitrogens is 4. The third kappa shape index (κ3) is 2.91. The van der Waals surface area contributed by atoms with Gasteiger partial charge in [0.2, 0.25) is 5.91 Å². The van der Waals surface area contributed by atoms with Crippen LogP contribution in [0, 0.1) is 0 Å². The van der Waals surface area contributed by atoms with E-state index in [0.29, 0.717) is 19.4 Å². The molecule has 3 heterocycles. The van der Waals surface area contributed by atoms with E-state index >= 15 is 0 Å². The first-order valence-corrected chi connectivity index (χ1v) is 8.54. The number of nitrogens with zero attached hydrogens (tertiary/aromatic N) is 3. The maximum absolute atomic E-state index is 12.2. The van der Waals surface area contributed by atoms with Gasteiger partial charge in [0.25, 0.3) is 0 Å². The van der Waals surface area contributed by atoms with Crippen molar-refractivity contribution < 1.29 is 4.79 Å². The molecule has 3 aromatic rings. The number of nitrogens with one attached hydrogen (secondary N) is 2. The maximum Gasteiger partial charge on any atom is 0.220 e. The Morgan fingerprint density at radius 3 is 3.17 bits per heavy atom. The van der Waals surface area contributed by atoms with Crippen LogP contribution in [-0.2, 0) is 30.6 Å². The van der Waals surface area contributed by atoms with Crippen molar-refractivity contribution >= 4 is 11.4 Å². The highest BCUT2D eigenvalue weighted by molar-refractivity contribution is 5.76. The predicted molar refractivity (Wildman–Crippen MR) is 90.6 cm³/mol. The predicted octanol–water partition coefficient (Wildman–Crippen LogP) is 2.19. The highest BCUT2D eigenvalue weighted by Crippen LogP contribution is 2.22. The van der Waals surface area contributed by atoms with Gasteiger partial charge in [-0.1, -0.05) is 6.07 Å². The fourth-order valence-corrected chi connectivity index (χ4v) is 3.43. The Hall–Kier alpha value is -2.63. The van der Waals surface area contributed by atoms with Crippen molar-refractivity contribution in [2.75, 3.05) is 0 Å². The molecule has 6 heteroatoms. The SMILES string of the molecule is O=C(CCc1n[nH]c2c1CCCC2)NCc1cccn2nccc12. The lowest BCUT2D eigenvalue weighted by Crippen LogP contribution is -2.23. The third-order valence-electron chi connectivity index (χ3n) is 4.73. The second-order valence-corrected chi connectivity index (χ2v) is 6.31. The van der Waals surface area contributed by atoms with Gasteiger partial charge in [-0.2, -0.15) is 10.2 Å². The monoisotopic (exact) mass is 323 g/mol. The molecule has 1 amide bonds. The van der Waals surface area contributed by atoms with Crippen molar-refractivity contribution in [3.8, 4) is 0 Å². The van der Waals surface area contributed by atoms with Crippen LogP contribution in [0.4, 0.5) is 0 Å². The molecule has 3 aromatic heterocycles. The van der Waals surface area contributed by atoms with Crippen LogP contribution in [0.2, 0.25) is 0 Å². The van der Waals surface area contributed by atoms with Crippen molar-refractivity contribution in [2.24, 2.45) is 0 Å². The topological polar surface area (TPSA) is 75.1 Å². The second kappa shape index (κ2) is 6.47. The minimum absolute atomic E-state index is 0.0593. The first-order chi connectivity index (χ1) is 11.8. The van der Waals surface area contributed by atoms with Gasteiger partial charge in [-0.05, 0) is 48.9 Å². The largest absolute Gasteiger partial charge is 0.352 e. The average Bonchev–Trinajstić information content (AvgIpc) is 3.25. The number of aromatic amines is 1. The van der Waals surface area contributed by atoms with Crippen molar-refractivity contribution in [2.45, 2.75) is 45.1 Å². The average molecular weight is 323 g/mol. The fourth-order valence-electron chi connectivity index (χ4n) is 3.43. The number of carbonyl (C=O) groups excluding carboxylic acids is 1. The van der Waals surface area contributed by atoms with Gasteiger partial charge in [0.1, 0.15) is 0 Å². The van der Waals surface area contributed by atoms with E-state index in [2.05, 4.69) is 20.6 Å². The minimum Gasteiger partial charge on any atom is -0.352 e. The number of hydrogen-bond acceptors (Lipinski definition) is 3. The molecule has 4 rings (SSSR count). The van der Waals surface area contributed by atoms with Crippen LogP contribution in [0.5, 0.6) is 0 Å². The highest BCUT2D eigenvalue weighted by atomic mass is 16.1. The van der Waals surface area contributed by atoms with E-state index in [-0.39, 0.29) is 5.91 Å². The molecule has 24 heavy (non-hydrogen) atoms. The third-order valence-corrected chi connectivity index (χ3v) is 4.73. The van der Waals surface area contributed by atoms with Gasteiger partial charge in [-0.3, -0.25) is 9.89 Å². The molecule has 0 saturated heterocycles. The number of carbonyl (C=O) groups is 1. The summed E-state index contributed by atoms with van der Waals surface area (Å²) in [6.07, 6.45) is 9.48. The zero-order valence-electron chi connectivity index (χ0n) is 13.6. The number of pyridine rings is 1. The molecule has 1 aliphatic carbocycles. The number of aryl methyl sites for hydroxylation is 2. The van der Waals surface area contributed by atoms with Crippen molar-refractivity contribution in [1.82, 2.24) is 25.1 Å². The Kier molecular flexibility index (Phi) is 4.02. The van der Waals surface area contributed by atoms with Gasteiger partial charge in [0.05, 0.1) is 11.2 Å². The van der Waals surface area contributed by atoms with Crippen LogP contribution < -0.4 is 5.32 Å². The Morgan fingerprint density at radius 1 is 1.29 bits per heavy atom. The summed E-state index contributed by atoms with van der Waals surface area (Å²) < 4.78 is 1.82. The summed E-state index contributed by atoms with van der Waals surface area (Å²) in [6.45, 7) is 0.521. The molecular weight excluding hydrogens is 302 g/mol. The number of rotatable bonds is 5. The Balaban J connectivity index is 1.34. The Bertz CT molecular complexity index is 863. The zero-order valence-corrected chi connectivity index (χ0v) is 13.6. The van der Waals surface area contributed by atoms with Crippen molar-refractivity contribution in [3.05, 3.63) is 53.1 Å². The lowest BCUT2D eigenvalue weighted by atomic mass is 9.94. The summed E-state index contributed by atoms with van der Waals surface area (Å²) in [4.78, 5) is 12.2. The van der Waals surface area contributed by atoms with Crippen LogP contribution in [0.25, 0.3) is 5.52 Å². The zero-order chi connectivity index (χ0) is 16.4. The first-order valence-electron chi connectivity index (χ1n) is 8.54. The van der Waals surface area contributed by atoms with E-state index in [4.69, 9.17) is 0 Å². The van der Waals surface area contributed by atoms with E-state index in [1.54, 1.807) is 6.20 Å². The van der Waals surface area contributed by atoms with E-state index in [9.17, 15) is 4.79 Å². The van der Waals surface area contributed by atoms with Crippen molar-refractivity contribution in [1.29, 1.82) is 0 Å². The molecule has 6 nitrogen and oxygen atoms in total. The summed E-state index contributed by atoms with van der Waals surface area (Å²) in [7, 11) is 0. The lowest BCUT2D eigenvalue weighted by molar-refractivity contribution is -0.121. The summed E-state index contributed by atoms with van der Waals surface area (Å²) in [6, 6.07) is 5.91. The fraction of sp³-hybridized carbons (Fsp3) is 0.389. The molecule has 0 fully saturated rings. The molecule has 1 aliphatic rings. The van der Waals surface area contributed by atoms with Gasteiger partial charge in [-0.15, -0.1) is 0 Å². The van der Waals surface area contributed by atoms with Crippen LogP contribution >= 0.6 is 0 Å². The lowest BCUT2D eigenvalue weighted by Gasteiger charge is -2.11. The van der Waals surface area contributed by atoms with Crippen LogP contribution in [0.3, 0.4) is 0 Å².